The number of carbonyl (C=O) groups is 1. The molecule has 4 heterocycles. The van der Waals surface area contributed by atoms with Crippen LogP contribution in [0.4, 0.5) is 0 Å². The monoisotopic (exact) mass is 418 g/mol. The molecule has 4 aromatic heterocycles. The molecule has 30 heavy (non-hydrogen) atoms. The van der Waals surface area contributed by atoms with E-state index in [1.807, 2.05) is 25.1 Å². The van der Waals surface area contributed by atoms with E-state index >= 15 is 0 Å². The number of amides is 1. The molecule has 0 aliphatic heterocycles. The van der Waals surface area contributed by atoms with Crippen molar-refractivity contribution in [1.29, 1.82) is 0 Å². The Labute approximate surface area is 178 Å². The van der Waals surface area contributed by atoms with E-state index in [4.69, 9.17) is 4.52 Å². The predicted molar refractivity (Wildman–Crippen MR) is 117 cm³/mol. The number of nitrogens with zero attached hydrogens (tertiary/aromatic N) is 3. The molecule has 6 nitrogen and oxygen atoms in total. The fourth-order valence-electron chi connectivity index (χ4n) is 3.70. The van der Waals surface area contributed by atoms with E-state index < -0.39 is 0 Å². The van der Waals surface area contributed by atoms with Crippen molar-refractivity contribution in [3.63, 3.8) is 0 Å². The highest BCUT2D eigenvalue weighted by atomic mass is 32.1. The van der Waals surface area contributed by atoms with Gasteiger partial charge in [0.15, 0.2) is 0 Å². The SMILES string of the molecule is Cc1ccc(CC(C)NC(=O)c2cc(-c3cccnc3)nc3onc(C4CC4)c23)s1. The molecule has 1 unspecified atom stereocenters. The lowest BCUT2D eigenvalue weighted by atomic mass is 10.0. The van der Waals surface area contributed by atoms with Gasteiger partial charge in [0, 0.05) is 46.1 Å². The Morgan fingerprint density at radius 3 is 2.90 bits per heavy atom. The quantitative estimate of drug-likeness (QED) is 0.482. The van der Waals surface area contributed by atoms with Gasteiger partial charge in [0.25, 0.3) is 11.6 Å². The minimum absolute atomic E-state index is 0.00448. The number of carbonyl (C=O) groups excluding carboxylic acids is 1. The normalized spacial score (nSPS) is 14.7. The first-order chi connectivity index (χ1) is 14.6. The zero-order valence-corrected chi connectivity index (χ0v) is 17.7. The average molecular weight is 419 g/mol. The number of aromatic nitrogens is 3. The molecule has 7 heteroatoms. The van der Waals surface area contributed by atoms with Crippen molar-refractivity contribution in [2.24, 2.45) is 0 Å². The lowest BCUT2D eigenvalue weighted by Gasteiger charge is -2.14. The molecule has 0 bridgehead atoms. The van der Waals surface area contributed by atoms with Gasteiger partial charge in [0.05, 0.1) is 22.3 Å². The number of pyridine rings is 2. The third-order valence-corrected chi connectivity index (χ3v) is 6.34. The number of hydrogen-bond acceptors (Lipinski definition) is 6. The number of fused-ring (bicyclic) bond motifs is 1. The molecule has 0 saturated heterocycles. The largest absolute Gasteiger partial charge is 0.349 e. The number of hydrogen-bond donors (Lipinski definition) is 1. The molecule has 0 aromatic carbocycles. The Balaban J connectivity index is 1.50. The van der Waals surface area contributed by atoms with E-state index in [0.717, 1.165) is 35.9 Å². The summed E-state index contributed by atoms with van der Waals surface area (Å²) in [6.45, 7) is 4.12. The molecule has 1 aliphatic carbocycles. The van der Waals surface area contributed by atoms with Crippen LogP contribution >= 0.6 is 11.3 Å². The van der Waals surface area contributed by atoms with Crippen molar-refractivity contribution < 1.29 is 9.32 Å². The van der Waals surface area contributed by atoms with Gasteiger partial charge in [-0.25, -0.2) is 4.98 Å². The molecule has 1 atom stereocenters. The van der Waals surface area contributed by atoms with Crippen LogP contribution in [0.15, 0.2) is 47.2 Å². The van der Waals surface area contributed by atoms with Crippen molar-refractivity contribution in [3.8, 4) is 11.3 Å². The van der Waals surface area contributed by atoms with Gasteiger partial charge >= 0.3 is 0 Å². The maximum Gasteiger partial charge on any atom is 0.259 e. The van der Waals surface area contributed by atoms with Gasteiger partial charge < -0.3 is 9.84 Å². The summed E-state index contributed by atoms with van der Waals surface area (Å²) in [4.78, 5) is 24.7. The minimum atomic E-state index is -0.126. The van der Waals surface area contributed by atoms with E-state index in [2.05, 4.69) is 39.5 Å². The fourth-order valence-corrected chi connectivity index (χ4v) is 4.72. The van der Waals surface area contributed by atoms with E-state index in [-0.39, 0.29) is 11.9 Å². The van der Waals surface area contributed by atoms with Crippen LogP contribution in [0.25, 0.3) is 22.4 Å². The second kappa shape index (κ2) is 7.65. The molecular weight excluding hydrogens is 396 g/mol. The third kappa shape index (κ3) is 3.73. The molecule has 152 valence electrons. The molecule has 1 saturated carbocycles. The van der Waals surface area contributed by atoms with Crippen LogP contribution in [0.5, 0.6) is 0 Å². The summed E-state index contributed by atoms with van der Waals surface area (Å²) in [6, 6.07) is 9.84. The molecule has 5 rings (SSSR count). The van der Waals surface area contributed by atoms with E-state index in [9.17, 15) is 4.79 Å². The highest BCUT2D eigenvalue weighted by molar-refractivity contribution is 7.11. The van der Waals surface area contributed by atoms with E-state index in [1.54, 1.807) is 23.7 Å². The first kappa shape index (κ1) is 18.9. The van der Waals surface area contributed by atoms with Gasteiger partial charge in [-0.15, -0.1) is 11.3 Å². The topological polar surface area (TPSA) is 80.9 Å². The number of rotatable bonds is 6. The zero-order chi connectivity index (χ0) is 20.7. The van der Waals surface area contributed by atoms with Crippen molar-refractivity contribution in [1.82, 2.24) is 20.4 Å². The number of nitrogens with one attached hydrogen (secondary N) is 1. The standard InChI is InChI=1S/C23H22N4O2S/c1-13(10-17-8-5-14(2)30-17)25-22(28)18-11-19(16-4-3-9-24-12-16)26-23-20(18)21(27-29-23)15-6-7-15/h3-5,8-9,11-13,15H,6-7,10H2,1-2H3,(H,25,28). The van der Waals surface area contributed by atoms with Crippen LogP contribution in [0, 0.1) is 6.92 Å². The Hall–Kier alpha value is -3.06. The minimum Gasteiger partial charge on any atom is -0.349 e. The molecule has 1 aliphatic rings. The lowest BCUT2D eigenvalue weighted by molar-refractivity contribution is 0.0942. The van der Waals surface area contributed by atoms with Crippen molar-refractivity contribution in [2.75, 3.05) is 0 Å². The van der Waals surface area contributed by atoms with Gasteiger partial charge in [-0.05, 0) is 57.0 Å². The van der Waals surface area contributed by atoms with Crippen molar-refractivity contribution in [2.45, 2.75) is 45.1 Å². The summed E-state index contributed by atoms with van der Waals surface area (Å²) in [5.74, 6) is 0.230. The molecule has 4 aromatic rings. The van der Waals surface area contributed by atoms with Gasteiger partial charge in [-0.1, -0.05) is 5.16 Å². The highest BCUT2D eigenvalue weighted by Crippen LogP contribution is 2.43. The Kier molecular flexibility index (Phi) is 4.83. The molecule has 0 spiro atoms. The van der Waals surface area contributed by atoms with Crippen molar-refractivity contribution in [3.05, 3.63) is 63.7 Å². The van der Waals surface area contributed by atoms with Crippen LogP contribution in [0.2, 0.25) is 0 Å². The molecule has 1 fully saturated rings. The Morgan fingerprint density at radius 1 is 1.33 bits per heavy atom. The Morgan fingerprint density at radius 2 is 2.20 bits per heavy atom. The molecular formula is C23H22N4O2S. The molecule has 1 N–H and O–H groups in total. The maximum absolute atomic E-state index is 13.3. The van der Waals surface area contributed by atoms with Gasteiger partial charge in [-0.2, -0.15) is 0 Å². The summed E-state index contributed by atoms with van der Waals surface area (Å²) in [7, 11) is 0. The summed E-state index contributed by atoms with van der Waals surface area (Å²) in [5.41, 5.74) is 3.31. The fraction of sp³-hybridized carbons (Fsp3) is 0.304. The van der Waals surface area contributed by atoms with Crippen LogP contribution in [0.3, 0.4) is 0 Å². The first-order valence-electron chi connectivity index (χ1n) is 10.2. The second-order valence-corrected chi connectivity index (χ2v) is 9.28. The van der Waals surface area contributed by atoms with Crippen LogP contribution in [0.1, 0.15) is 51.5 Å². The number of aryl methyl sites for hydroxylation is 1. The highest BCUT2D eigenvalue weighted by Gasteiger charge is 2.32. The lowest BCUT2D eigenvalue weighted by Crippen LogP contribution is -2.34. The maximum atomic E-state index is 13.3. The summed E-state index contributed by atoms with van der Waals surface area (Å²) in [5, 5.41) is 8.15. The van der Waals surface area contributed by atoms with Crippen LogP contribution in [-0.4, -0.2) is 27.1 Å². The number of thiophene rings is 1. The van der Waals surface area contributed by atoms with Gasteiger partial charge in [0.1, 0.15) is 0 Å². The van der Waals surface area contributed by atoms with E-state index in [1.165, 1.54) is 9.75 Å². The van der Waals surface area contributed by atoms with Crippen LogP contribution < -0.4 is 5.32 Å². The second-order valence-electron chi connectivity index (χ2n) is 7.91. The molecule has 0 radical (unpaired) electrons. The predicted octanol–water partition coefficient (Wildman–Crippen LogP) is 4.89. The summed E-state index contributed by atoms with van der Waals surface area (Å²) < 4.78 is 5.55. The Bertz CT molecular complexity index is 1210. The average Bonchev–Trinajstić information content (AvgIpc) is 3.37. The van der Waals surface area contributed by atoms with E-state index in [0.29, 0.717) is 22.9 Å². The summed E-state index contributed by atoms with van der Waals surface area (Å²) >= 11 is 1.76. The third-order valence-electron chi connectivity index (χ3n) is 5.32. The first-order valence-corrected chi connectivity index (χ1v) is 11.0. The summed E-state index contributed by atoms with van der Waals surface area (Å²) in [6.07, 6.45) is 6.38. The van der Waals surface area contributed by atoms with Crippen molar-refractivity contribution >= 4 is 28.3 Å². The van der Waals surface area contributed by atoms with Gasteiger partial charge in [0.2, 0.25) is 0 Å². The zero-order valence-electron chi connectivity index (χ0n) is 16.9. The van der Waals surface area contributed by atoms with Gasteiger partial charge in [-0.3, -0.25) is 9.78 Å². The molecule has 1 amide bonds. The smallest absolute Gasteiger partial charge is 0.259 e. The van der Waals surface area contributed by atoms with Crippen LogP contribution in [-0.2, 0) is 6.42 Å².